The highest BCUT2D eigenvalue weighted by Gasteiger charge is 2.33. The maximum absolute atomic E-state index is 13.1. The Labute approximate surface area is 162 Å². The van der Waals surface area contributed by atoms with E-state index in [0.29, 0.717) is 13.2 Å². The van der Waals surface area contributed by atoms with Gasteiger partial charge in [-0.1, -0.05) is 12.1 Å². The Morgan fingerprint density at radius 1 is 1.30 bits per heavy atom. The van der Waals surface area contributed by atoms with Gasteiger partial charge in [0.15, 0.2) is 0 Å². The Bertz CT molecular complexity index is 792. The lowest BCUT2D eigenvalue weighted by molar-refractivity contribution is -0.0777. The summed E-state index contributed by atoms with van der Waals surface area (Å²) in [6.45, 7) is 12.5. The quantitative estimate of drug-likeness (QED) is 0.801. The van der Waals surface area contributed by atoms with E-state index in [1.165, 1.54) is 0 Å². The van der Waals surface area contributed by atoms with Crippen molar-refractivity contribution in [3.63, 3.8) is 0 Å². The molecular formula is C22H31N3O2. The number of aromatic nitrogens is 2. The fraction of sp³-hybridized carbons (Fsp3) is 0.545. The summed E-state index contributed by atoms with van der Waals surface area (Å²) < 4.78 is 7.81. The van der Waals surface area contributed by atoms with Crippen molar-refractivity contribution in [3.8, 4) is 0 Å². The van der Waals surface area contributed by atoms with Crippen LogP contribution in [0.25, 0.3) is 0 Å². The van der Waals surface area contributed by atoms with Crippen LogP contribution < -0.4 is 0 Å². The van der Waals surface area contributed by atoms with Crippen LogP contribution >= 0.6 is 0 Å². The normalized spacial score (nSPS) is 19.1. The van der Waals surface area contributed by atoms with Crippen molar-refractivity contribution in [1.29, 1.82) is 0 Å². The Hall–Kier alpha value is -2.14. The maximum atomic E-state index is 13.1. The number of benzene rings is 1. The summed E-state index contributed by atoms with van der Waals surface area (Å²) in [6.07, 6.45) is 1.78. The molecule has 1 saturated heterocycles. The number of hydrogen-bond donors (Lipinski definition) is 0. The van der Waals surface area contributed by atoms with Crippen molar-refractivity contribution in [3.05, 3.63) is 52.8 Å². The molecule has 2 aromatic rings. The number of aryl methyl sites for hydroxylation is 2. The molecule has 1 amide bonds. The van der Waals surface area contributed by atoms with Crippen LogP contribution in [-0.2, 0) is 11.3 Å². The van der Waals surface area contributed by atoms with Crippen LogP contribution in [0.1, 0.15) is 60.9 Å². The molecule has 0 radical (unpaired) electrons. The fourth-order valence-electron chi connectivity index (χ4n) is 3.96. The lowest BCUT2D eigenvalue weighted by Crippen LogP contribution is -2.48. The number of rotatable bonds is 5. The molecule has 1 unspecified atom stereocenters. The smallest absolute Gasteiger partial charge is 0.254 e. The van der Waals surface area contributed by atoms with Gasteiger partial charge < -0.3 is 9.64 Å². The number of carbonyl (C=O) groups is 1. The molecule has 1 fully saturated rings. The van der Waals surface area contributed by atoms with E-state index in [9.17, 15) is 4.79 Å². The second-order valence-electron chi connectivity index (χ2n) is 8.13. The summed E-state index contributed by atoms with van der Waals surface area (Å²) in [7, 11) is 0. The summed E-state index contributed by atoms with van der Waals surface area (Å²) >= 11 is 0. The number of ether oxygens (including phenoxy) is 1. The van der Waals surface area contributed by atoms with Gasteiger partial charge in [0.1, 0.15) is 0 Å². The van der Waals surface area contributed by atoms with Gasteiger partial charge in [-0.3, -0.25) is 9.48 Å². The SMILES string of the molecule is CCN(C(=O)c1ccc(Cn2nc(C)cc2C)cc1)C1CCOC(C)(C)C1. The topological polar surface area (TPSA) is 47.4 Å². The zero-order valence-electron chi connectivity index (χ0n) is 17.2. The predicted octanol–water partition coefficient (Wildman–Crippen LogP) is 3.97. The number of hydrogen-bond acceptors (Lipinski definition) is 3. The van der Waals surface area contributed by atoms with Crippen molar-refractivity contribution < 1.29 is 9.53 Å². The average Bonchev–Trinajstić information content (AvgIpc) is 2.92. The molecule has 2 heterocycles. The highest BCUT2D eigenvalue weighted by atomic mass is 16.5. The molecule has 146 valence electrons. The van der Waals surface area contributed by atoms with Gasteiger partial charge in [0.25, 0.3) is 5.91 Å². The third kappa shape index (κ3) is 4.59. The summed E-state index contributed by atoms with van der Waals surface area (Å²) in [5.41, 5.74) is 3.90. The molecule has 5 heteroatoms. The first-order valence-electron chi connectivity index (χ1n) is 9.84. The van der Waals surface area contributed by atoms with Crippen LogP contribution in [-0.4, -0.2) is 45.4 Å². The molecule has 3 rings (SSSR count). The second-order valence-corrected chi connectivity index (χ2v) is 8.13. The van der Waals surface area contributed by atoms with E-state index >= 15 is 0 Å². The van der Waals surface area contributed by atoms with Crippen LogP contribution in [0.2, 0.25) is 0 Å². The summed E-state index contributed by atoms with van der Waals surface area (Å²) in [5, 5.41) is 4.51. The molecule has 0 bridgehead atoms. The van der Waals surface area contributed by atoms with E-state index in [1.807, 2.05) is 40.8 Å². The zero-order valence-corrected chi connectivity index (χ0v) is 17.2. The first-order valence-corrected chi connectivity index (χ1v) is 9.84. The van der Waals surface area contributed by atoms with Crippen LogP contribution in [0.15, 0.2) is 30.3 Å². The molecule has 1 aliphatic heterocycles. The third-order valence-electron chi connectivity index (χ3n) is 5.35. The molecule has 1 aliphatic rings. The predicted molar refractivity (Wildman–Crippen MR) is 107 cm³/mol. The minimum atomic E-state index is -0.166. The molecule has 0 aliphatic carbocycles. The van der Waals surface area contributed by atoms with Crippen molar-refractivity contribution in [1.82, 2.24) is 14.7 Å². The fourth-order valence-corrected chi connectivity index (χ4v) is 3.96. The molecule has 0 N–H and O–H groups in total. The van der Waals surface area contributed by atoms with Gasteiger partial charge in [-0.15, -0.1) is 0 Å². The Balaban J connectivity index is 1.71. The van der Waals surface area contributed by atoms with E-state index in [0.717, 1.165) is 41.9 Å². The molecule has 5 nitrogen and oxygen atoms in total. The molecule has 0 spiro atoms. The number of carbonyl (C=O) groups excluding carboxylic acids is 1. The number of nitrogens with zero attached hydrogens (tertiary/aromatic N) is 3. The maximum Gasteiger partial charge on any atom is 0.254 e. The van der Waals surface area contributed by atoms with Crippen LogP contribution in [0.5, 0.6) is 0 Å². The van der Waals surface area contributed by atoms with E-state index < -0.39 is 0 Å². The minimum absolute atomic E-state index is 0.109. The van der Waals surface area contributed by atoms with Gasteiger partial charge in [-0.2, -0.15) is 5.10 Å². The molecule has 1 aromatic heterocycles. The molecule has 27 heavy (non-hydrogen) atoms. The second kappa shape index (κ2) is 7.85. The third-order valence-corrected chi connectivity index (χ3v) is 5.35. The van der Waals surface area contributed by atoms with Gasteiger partial charge in [0.2, 0.25) is 0 Å². The Kier molecular flexibility index (Phi) is 5.70. The lowest BCUT2D eigenvalue weighted by atomic mass is 9.92. The minimum Gasteiger partial charge on any atom is -0.375 e. The van der Waals surface area contributed by atoms with Crippen molar-refractivity contribution in [2.45, 2.75) is 65.6 Å². The van der Waals surface area contributed by atoms with E-state index in [-0.39, 0.29) is 17.6 Å². The van der Waals surface area contributed by atoms with Crippen LogP contribution in [0.3, 0.4) is 0 Å². The first kappa shape index (κ1) is 19.6. The lowest BCUT2D eigenvalue weighted by Gasteiger charge is -2.41. The van der Waals surface area contributed by atoms with Gasteiger partial charge in [-0.05, 0) is 71.2 Å². The van der Waals surface area contributed by atoms with Crippen molar-refractivity contribution in [2.75, 3.05) is 13.2 Å². The zero-order chi connectivity index (χ0) is 19.6. The molecular weight excluding hydrogens is 338 g/mol. The van der Waals surface area contributed by atoms with E-state index in [1.54, 1.807) is 0 Å². The number of amides is 1. The van der Waals surface area contributed by atoms with Crippen molar-refractivity contribution in [2.24, 2.45) is 0 Å². The summed E-state index contributed by atoms with van der Waals surface area (Å²) in [4.78, 5) is 15.1. The average molecular weight is 370 g/mol. The monoisotopic (exact) mass is 369 g/mol. The van der Waals surface area contributed by atoms with Crippen molar-refractivity contribution >= 4 is 5.91 Å². The highest BCUT2D eigenvalue weighted by molar-refractivity contribution is 5.94. The standard InChI is InChI=1S/C22H31N3O2/c1-6-24(20-11-12-27-22(4,5)14-20)21(26)19-9-7-18(8-10-19)15-25-17(3)13-16(2)23-25/h7-10,13,20H,6,11-12,14-15H2,1-5H3. The van der Waals surface area contributed by atoms with Crippen LogP contribution in [0, 0.1) is 13.8 Å². The molecule has 1 aromatic carbocycles. The summed E-state index contributed by atoms with van der Waals surface area (Å²) in [6, 6.07) is 10.3. The Morgan fingerprint density at radius 3 is 2.56 bits per heavy atom. The van der Waals surface area contributed by atoms with Crippen LogP contribution in [0.4, 0.5) is 0 Å². The molecule has 0 saturated carbocycles. The molecule has 1 atom stereocenters. The highest BCUT2D eigenvalue weighted by Crippen LogP contribution is 2.28. The van der Waals surface area contributed by atoms with E-state index in [4.69, 9.17) is 4.74 Å². The van der Waals surface area contributed by atoms with Gasteiger partial charge in [0, 0.05) is 30.5 Å². The Morgan fingerprint density at radius 2 is 2.00 bits per heavy atom. The van der Waals surface area contributed by atoms with Gasteiger partial charge in [0.05, 0.1) is 17.8 Å². The first-order chi connectivity index (χ1) is 12.8. The van der Waals surface area contributed by atoms with Gasteiger partial charge in [-0.25, -0.2) is 0 Å². The largest absolute Gasteiger partial charge is 0.375 e. The summed E-state index contributed by atoms with van der Waals surface area (Å²) in [5.74, 6) is 0.109. The van der Waals surface area contributed by atoms with Gasteiger partial charge >= 0.3 is 0 Å². The van der Waals surface area contributed by atoms with E-state index in [2.05, 4.69) is 38.9 Å².